The number of benzene rings is 3. The van der Waals surface area contributed by atoms with Crippen LogP contribution in [0.3, 0.4) is 0 Å². The lowest BCUT2D eigenvalue weighted by molar-refractivity contribution is -0.126. The molecule has 4 rings (SSSR count). The van der Waals surface area contributed by atoms with Gasteiger partial charge in [0, 0.05) is 42.2 Å². The molecule has 202 valence electrons. The minimum Gasteiger partial charge on any atom is -0.494 e. The molecule has 9 nitrogen and oxygen atoms in total. The molecule has 0 fully saturated rings. The molecule has 0 aliphatic carbocycles. The van der Waals surface area contributed by atoms with Crippen molar-refractivity contribution in [3.05, 3.63) is 106 Å². The van der Waals surface area contributed by atoms with Crippen molar-refractivity contribution in [2.24, 2.45) is 10.1 Å². The van der Waals surface area contributed by atoms with E-state index in [2.05, 4.69) is 27.5 Å². The van der Waals surface area contributed by atoms with Crippen molar-refractivity contribution in [2.75, 3.05) is 26.4 Å². The van der Waals surface area contributed by atoms with Gasteiger partial charge in [0.2, 0.25) is 5.90 Å². The summed E-state index contributed by atoms with van der Waals surface area (Å²) in [4.78, 5) is 21.4. The van der Waals surface area contributed by atoms with Gasteiger partial charge in [0.15, 0.2) is 5.54 Å². The minimum absolute atomic E-state index is 0.0670. The fraction of sp³-hybridized carbons (Fsp3) is 0.333. The van der Waals surface area contributed by atoms with Crippen LogP contribution in [-0.4, -0.2) is 48.8 Å². The van der Waals surface area contributed by atoms with E-state index in [-0.39, 0.29) is 25.5 Å². The van der Waals surface area contributed by atoms with Crippen LogP contribution in [0, 0.1) is 0 Å². The molecule has 0 bridgehead atoms. The SMILES string of the molecule is [N-]=[N+]=Nc1ccccc1C[C@]1(C(=O)NCCCCc2ccccc2)COC(c2ccc(OCCCO)cc2)=N1. The standard InChI is InChI=1S/C30H33N5O4/c31-35-34-27-13-5-4-12-25(27)21-30(29(37)32-18-7-6-11-23-9-2-1-3-10-23)22-39-28(33-30)24-14-16-26(17-15-24)38-20-8-19-36/h1-5,9-10,12-17,36H,6-8,11,18-22H2,(H,32,37)/t30-/m1/s1. The topological polar surface area (TPSA) is 129 Å². The first-order chi connectivity index (χ1) is 19.1. The van der Waals surface area contributed by atoms with E-state index in [0.717, 1.165) is 30.4 Å². The monoisotopic (exact) mass is 527 g/mol. The zero-order valence-electron chi connectivity index (χ0n) is 21.8. The first kappa shape index (κ1) is 27.7. The molecule has 0 unspecified atom stereocenters. The van der Waals surface area contributed by atoms with Gasteiger partial charge in [-0.25, -0.2) is 4.99 Å². The number of carbonyl (C=O) groups is 1. The predicted octanol–water partition coefficient (Wildman–Crippen LogP) is 5.29. The summed E-state index contributed by atoms with van der Waals surface area (Å²) >= 11 is 0. The summed E-state index contributed by atoms with van der Waals surface area (Å²) in [7, 11) is 0. The second kappa shape index (κ2) is 14.0. The second-order valence-corrected chi connectivity index (χ2v) is 9.38. The van der Waals surface area contributed by atoms with E-state index in [1.165, 1.54) is 5.56 Å². The molecular weight excluding hydrogens is 494 g/mol. The first-order valence-corrected chi connectivity index (χ1v) is 13.2. The fourth-order valence-electron chi connectivity index (χ4n) is 4.42. The highest BCUT2D eigenvalue weighted by molar-refractivity contribution is 6.00. The number of carbonyl (C=O) groups excluding carboxylic acids is 1. The van der Waals surface area contributed by atoms with Gasteiger partial charge in [0.05, 0.1) is 6.61 Å². The molecule has 2 N–H and O–H groups in total. The van der Waals surface area contributed by atoms with Crippen molar-refractivity contribution in [2.45, 2.75) is 37.6 Å². The summed E-state index contributed by atoms with van der Waals surface area (Å²) < 4.78 is 11.6. The second-order valence-electron chi connectivity index (χ2n) is 9.38. The van der Waals surface area contributed by atoms with Crippen molar-refractivity contribution >= 4 is 17.5 Å². The summed E-state index contributed by atoms with van der Waals surface area (Å²) in [6.45, 7) is 1.09. The van der Waals surface area contributed by atoms with E-state index >= 15 is 0 Å². The quantitative estimate of drug-likeness (QED) is 0.128. The average Bonchev–Trinajstić information content (AvgIpc) is 3.40. The van der Waals surface area contributed by atoms with Crippen LogP contribution in [0.4, 0.5) is 5.69 Å². The molecule has 1 amide bonds. The fourth-order valence-corrected chi connectivity index (χ4v) is 4.42. The number of aliphatic hydroxyl groups is 1. The number of nitrogens with zero attached hydrogens (tertiary/aromatic N) is 4. The lowest BCUT2D eigenvalue weighted by atomic mass is 9.90. The Morgan fingerprint density at radius 3 is 2.59 bits per heavy atom. The van der Waals surface area contributed by atoms with Gasteiger partial charge >= 0.3 is 0 Å². The van der Waals surface area contributed by atoms with Gasteiger partial charge in [-0.1, -0.05) is 59.7 Å². The van der Waals surface area contributed by atoms with E-state index in [0.29, 0.717) is 36.9 Å². The normalized spacial score (nSPS) is 16.1. The molecular formula is C30H33N5O4. The Morgan fingerprint density at radius 2 is 1.82 bits per heavy atom. The summed E-state index contributed by atoms with van der Waals surface area (Å²) in [6.07, 6.45) is 3.52. The molecule has 0 aromatic heterocycles. The van der Waals surface area contributed by atoms with Gasteiger partial charge in [0.1, 0.15) is 12.4 Å². The van der Waals surface area contributed by atoms with E-state index in [1.807, 2.05) is 54.6 Å². The summed E-state index contributed by atoms with van der Waals surface area (Å²) in [5.74, 6) is 0.822. The lowest BCUT2D eigenvalue weighted by Gasteiger charge is -2.24. The molecule has 3 aromatic rings. The van der Waals surface area contributed by atoms with E-state index in [4.69, 9.17) is 25.1 Å². The molecule has 39 heavy (non-hydrogen) atoms. The number of aliphatic hydroxyl groups excluding tert-OH is 1. The smallest absolute Gasteiger partial charge is 0.251 e. The molecule has 0 radical (unpaired) electrons. The average molecular weight is 528 g/mol. The van der Waals surface area contributed by atoms with Crippen LogP contribution in [0.5, 0.6) is 5.75 Å². The highest BCUT2D eigenvalue weighted by Crippen LogP contribution is 2.31. The predicted molar refractivity (Wildman–Crippen MR) is 150 cm³/mol. The van der Waals surface area contributed by atoms with Crippen molar-refractivity contribution in [3.63, 3.8) is 0 Å². The number of ether oxygens (including phenoxy) is 2. The van der Waals surface area contributed by atoms with Crippen LogP contribution in [0.15, 0.2) is 89.0 Å². The first-order valence-electron chi connectivity index (χ1n) is 13.2. The van der Waals surface area contributed by atoms with Gasteiger partial charge in [-0.2, -0.15) is 0 Å². The molecule has 0 saturated heterocycles. The van der Waals surface area contributed by atoms with Gasteiger partial charge in [0.25, 0.3) is 5.91 Å². The number of aliphatic imine (C=N–C) groups is 1. The number of unbranched alkanes of at least 4 members (excludes halogenated alkanes) is 1. The van der Waals surface area contributed by atoms with Crippen molar-refractivity contribution in [3.8, 4) is 5.75 Å². The highest BCUT2D eigenvalue weighted by atomic mass is 16.5. The van der Waals surface area contributed by atoms with Crippen LogP contribution in [0.25, 0.3) is 10.4 Å². The van der Waals surface area contributed by atoms with Crippen LogP contribution < -0.4 is 10.1 Å². The van der Waals surface area contributed by atoms with Crippen LogP contribution in [0.1, 0.15) is 36.0 Å². The summed E-state index contributed by atoms with van der Waals surface area (Å²) in [6, 6.07) is 24.7. The van der Waals surface area contributed by atoms with E-state index in [9.17, 15) is 4.79 Å². The van der Waals surface area contributed by atoms with Crippen molar-refractivity contribution in [1.82, 2.24) is 5.32 Å². The van der Waals surface area contributed by atoms with Gasteiger partial charge < -0.3 is 19.9 Å². The van der Waals surface area contributed by atoms with E-state index < -0.39 is 5.54 Å². The third-order valence-corrected chi connectivity index (χ3v) is 6.51. The van der Waals surface area contributed by atoms with Crippen molar-refractivity contribution < 1.29 is 19.4 Å². The highest BCUT2D eigenvalue weighted by Gasteiger charge is 2.44. The maximum Gasteiger partial charge on any atom is 0.251 e. The van der Waals surface area contributed by atoms with Gasteiger partial charge in [-0.3, -0.25) is 4.79 Å². The van der Waals surface area contributed by atoms with Crippen LogP contribution >= 0.6 is 0 Å². The Balaban J connectivity index is 1.49. The number of rotatable bonds is 14. The molecule has 3 aromatic carbocycles. The summed E-state index contributed by atoms with van der Waals surface area (Å²) in [5, 5.41) is 15.8. The number of amides is 1. The van der Waals surface area contributed by atoms with Crippen molar-refractivity contribution in [1.29, 1.82) is 0 Å². The Bertz CT molecular complexity index is 1310. The summed E-state index contributed by atoms with van der Waals surface area (Å²) in [5.41, 5.74) is 11.0. The lowest BCUT2D eigenvalue weighted by Crippen LogP contribution is -2.48. The third kappa shape index (κ3) is 7.60. The number of azide groups is 1. The number of hydrogen-bond donors (Lipinski definition) is 2. The Hall–Kier alpha value is -4.33. The van der Waals surface area contributed by atoms with Crippen LogP contribution in [-0.2, 0) is 22.4 Å². The van der Waals surface area contributed by atoms with E-state index in [1.54, 1.807) is 12.1 Å². The maximum atomic E-state index is 13.6. The molecule has 1 atom stereocenters. The molecule has 9 heteroatoms. The van der Waals surface area contributed by atoms with Crippen LogP contribution in [0.2, 0.25) is 0 Å². The Kier molecular flexibility index (Phi) is 9.94. The minimum atomic E-state index is -1.20. The zero-order chi connectivity index (χ0) is 27.3. The van der Waals surface area contributed by atoms with Gasteiger partial charge in [-0.05, 0) is 60.2 Å². The zero-order valence-corrected chi connectivity index (χ0v) is 21.8. The van der Waals surface area contributed by atoms with Gasteiger partial charge in [-0.15, -0.1) is 0 Å². The number of hydrogen-bond acceptors (Lipinski definition) is 6. The molecule has 0 saturated carbocycles. The molecule has 0 spiro atoms. The maximum absolute atomic E-state index is 13.6. The number of aryl methyl sites for hydroxylation is 1. The molecule has 1 heterocycles. The number of nitrogens with one attached hydrogen (secondary N) is 1. The molecule has 1 aliphatic rings. The Morgan fingerprint density at radius 1 is 1.05 bits per heavy atom. The Labute approximate surface area is 228 Å². The molecule has 1 aliphatic heterocycles. The third-order valence-electron chi connectivity index (χ3n) is 6.51. The largest absolute Gasteiger partial charge is 0.494 e.